The van der Waals surface area contributed by atoms with E-state index < -0.39 is 73.8 Å². The fraction of sp³-hybridized carbons (Fsp3) is 0.367. The largest absolute Gasteiger partial charge is 0.394 e. The molecular weight excluding hydrogens is 648 g/mol. The predicted molar refractivity (Wildman–Crippen MR) is 162 cm³/mol. The molecule has 4 aromatic rings. The van der Waals surface area contributed by atoms with Crippen LogP contribution in [0.1, 0.15) is 55.9 Å². The molecule has 0 radical (unpaired) electrons. The van der Waals surface area contributed by atoms with E-state index in [1.807, 2.05) is 48.5 Å². The highest BCUT2D eigenvalue weighted by molar-refractivity contribution is 5.88. The summed E-state index contributed by atoms with van der Waals surface area (Å²) in [5.41, 5.74) is 11.7. The van der Waals surface area contributed by atoms with E-state index in [0.717, 1.165) is 28.4 Å². The minimum absolute atomic E-state index is 0.110. The number of aliphatic hydroxyl groups excluding tert-OH is 4. The van der Waals surface area contributed by atoms with E-state index in [1.165, 1.54) is 11.0 Å². The number of fused-ring (bicyclic) bond motifs is 1. The molecule has 9 atom stereocenters. The van der Waals surface area contributed by atoms with Crippen LogP contribution in [0.3, 0.4) is 0 Å². The Kier molecular flexibility index (Phi) is 11.5. The first-order chi connectivity index (χ1) is 23.6. The maximum atomic E-state index is 11.2. The molecule has 2 aromatic heterocycles. The third kappa shape index (κ3) is 8.01. The number of primary amides is 2. The van der Waals surface area contributed by atoms with E-state index in [-0.39, 0.29) is 18.3 Å². The van der Waals surface area contributed by atoms with Crippen LogP contribution in [-0.2, 0) is 18.9 Å². The highest BCUT2D eigenvalue weighted by Crippen LogP contribution is 2.43. The highest BCUT2D eigenvalue weighted by atomic mass is 16.8. The third-order valence-corrected chi connectivity index (χ3v) is 7.53. The van der Waals surface area contributed by atoms with Gasteiger partial charge < -0.3 is 50.8 Å². The van der Waals surface area contributed by atoms with Gasteiger partial charge >= 0.3 is 0 Å². The van der Waals surface area contributed by atoms with E-state index in [0.29, 0.717) is 0 Å². The van der Waals surface area contributed by atoms with Gasteiger partial charge in [-0.1, -0.05) is 60.7 Å². The summed E-state index contributed by atoms with van der Waals surface area (Å²) in [6.07, 6.45) is -3.81. The minimum Gasteiger partial charge on any atom is -0.394 e. The molecule has 3 aliphatic heterocycles. The van der Waals surface area contributed by atoms with Gasteiger partial charge in [0.2, 0.25) is 11.6 Å². The van der Waals surface area contributed by atoms with Crippen molar-refractivity contribution in [1.82, 2.24) is 29.5 Å². The Morgan fingerprint density at radius 1 is 0.714 bits per heavy atom. The summed E-state index contributed by atoms with van der Waals surface area (Å²) in [6, 6.07) is 18.6. The zero-order valence-corrected chi connectivity index (χ0v) is 25.6. The summed E-state index contributed by atoms with van der Waals surface area (Å²) in [6.45, 7) is -0.661. The number of ether oxygens (including phenoxy) is 4. The second-order valence-corrected chi connectivity index (χ2v) is 10.8. The average molecular weight is 683 g/mol. The van der Waals surface area contributed by atoms with Gasteiger partial charge in [0, 0.05) is 11.1 Å². The number of carbonyl (C=O) groups is 3. The number of rotatable bonds is 8. The average Bonchev–Trinajstić information content (AvgIpc) is 3.96. The maximum Gasteiger partial charge on any atom is 0.288 e. The van der Waals surface area contributed by atoms with Crippen molar-refractivity contribution < 1.29 is 53.8 Å². The molecule has 3 unspecified atom stereocenters. The lowest BCUT2D eigenvalue weighted by Crippen LogP contribution is -2.33. The Morgan fingerprint density at radius 2 is 1.22 bits per heavy atom. The topological polar surface area (TPSA) is 283 Å². The van der Waals surface area contributed by atoms with Crippen molar-refractivity contribution in [1.29, 1.82) is 0 Å². The summed E-state index contributed by atoms with van der Waals surface area (Å²) in [4.78, 5) is 39.4. The van der Waals surface area contributed by atoms with Crippen LogP contribution < -0.4 is 11.5 Å². The smallest absolute Gasteiger partial charge is 0.288 e. The highest BCUT2D eigenvalue weighted by Gasteiger charge is 2.54. The number of benzene rings is 2. The third-order valence-electron chi connectivity index (χ3n) is 7.53. The number of aliphatic hydroxyl groups is 4. The molecule has 3 saturated heterocycles. The summed E-state index contributed by atoms with van der Waals surface area (Å²) in [5.74, 6) is -1.87. The number of hydrogen-bond donors (Lipinski definition) is 6. The number of carbonyl (C=O) groups excluding carboxylic acids is 3. The van der Waals surface area contributed by atoms with Gasteiger partial charge in [-0.3, -0.25) is 14.4 Å². The first kappa shape index (κ1) is 35.3. The summed E-state index contributed by atoms with van der Waals surface area (Å²) in [7, 11) is 0. The normalized spacial score (nSPS) is 28.4. The van der Waals surface area contributed by atoms with Gasteiger partial charge in [0.15, 0.2) is 18.7 Å². The van der Waals surface area contributed by atoms with E-state index in [1.54, 1.807) is 12.1 Å². The van der Waals surface area contributed by atoms with E-state index >= 15 is 0 Å². The molecule has 49 heavy (non-hydrogen) atoms. The molecule has 3 aliphatic rings. The van der Waals surface area contributed by atoms with Gasteiger partial charge in [-0.2, -0.15) is 0 Å². The molecule has 2 aromatic carbocycles. The second kappa shape index (κ2) is 15.9. The first-order valence-corrected chi connectivity index (χ1v) is 14.8. The molecule has 5 heterocycles. The van der Waals surface area contributed by atoms with Gasteiger partial charge in [-0.15, -0.1) is 10.2 Å². The van der Waals surface area contributed by atoms with E-state index in [2.05, 4.69) is 20.2 Å². The number of aldehydes is 1. The Morgan fingerprint density at radius 3 is 1.69 bits per heavy atom. The molecular formula is C30H34N8O11. The molecule has 260 valence electrons. The zero-order chi connectivity index (χ0) is 35.1. The molecule has 2 amide bonds. The van der Waals surface area contributed by atoms with Gasteiger partial charge in [0.25, 0.3) is 11.8 Å². The molecule has 19 nitrogen and oxygen atoms in total. The zero-order valence-electron chi connectivity index (χ0n) is 25.6. The Bertz CT molecular complexity index is 1690. The van der Waals surface area contributed by atoms with E-state index in [4.69, 9.17) is 35.5 Å². The van der Waals surface area contributed by atoms with Gasteiger partial charge in [-0.25, -0.2) is 19.3 Å². The van der Waals surface area contributed by atoms with Crippen molar-refractivity contribution in [2.45, 2.75) is 55.4 Å². The van der Waals surface area contributed by atoms with Crippen molar-refractivity contribution in [3.8, 4) is 0 Å². The first-order valence-electron chi connectivity index (χ1n) is 14.8. The SMILES string of the molecule is NC(=O)c1ncn([C@@H]2O[C@H](CO)C(O)[C@H]2O)n1.NC(=O)c1ncn([C@@H]2O[C@H](CO)C3OC(c4ccccc4)O[C@H]32)n1.O=Cc1ccccc1. The summed E-state index contributed by atoms with van der Waals surface area (Å²) in [5, 5.41) is 45.3. The van der Waals surface area contributed by atoms with Gasteiger partial charge in [0.05, 0.1) is 13.2 Å². The lowest BCUT2D eigenvalue weighted by molar-refractivity contribution is -0.156. The lowest BCUT2D eigenvalue weighted by Gasteiger charge is -2.19. The fourth-order valence-corrected chi connectivity index (χ4v) is 5.11. The number of amides is 2. The standard InChI is InChI=1S/C15H16N4O5.C8H12N4O5.C7H6O/c16-12(21)13-17-7-19(18-13)14-11-10(9(6-20)22-14)23-15(24-11)8-4-2-1-3-5-8;9-6(16)7-10-2-12(11-7)8-5(15)4(14)3(1-13)17-8;8-6-7-4-2-1-3-5-7/h1-5,7,9-11,14-15,20H,6H2,(H2,16,21);2-5,8,13-15H,1H2,(H2,9,16);1-6H/t9-,10?,11-,14-,15?;3-,4?,5-,8-;/m11./s1. The van der Waals surface area contributed by atoms with Crippen molar-refractivity contribution in [2.24, 2.45) is 11.5 Å². The monoisotopic (exact) mass is 682 g/mol. The van der Waals surface area contributed by atoms with Crippen molar-refractivity contribution in [3.05, 3.63) is 96.1 Å². The van der Waals surface area contributed by atoms with Crippen molar-refractivity contribution >= 4 is 18.1 Å². The van der Waals surface area contributed by atoms with Crippen LogP contribution in [0.5, 0.6) is 0 Å². The van der Waals surface area contributed by atoms with Crippen LogP contribution in [0.25, 0.3) is 0 Å². The Labute approximate surface area is 277 Å². The molecule has 0 saturated carbocycles. The van der Waals surface area contributed by atoms with E-state index in [9.17, 15) is 29.7 Å². The quantitative estimate of drug-likeness (QED) is 0.112. The molecule has 0 bridgehead atoms. The van der Waals surface area contributed by atoms with Crippen LogP contribution in [0, 0.1) is 0 Å². The molecule has 19 heteroatoms. The maximum absolute atomic E-state index is 11.2. The summed E-state index contributed by atoms with van der Waals surface area (Å²) < 4.78 is 25.3. The van der Waals surface area contributed by atoms with Crippen LogP contribution in [0.15, 0.2) is 73.3 Å². The van der Waals surface area contributed by atoms with Gasteiger partial charge in [0.1, 0.15) is 55.6 Å². The number of aromatic nitrogens is 6. The molecule has 0 spiro atoms. The lowest BCUT2D eigenvalue weighted by atomic mass is 10.1. The minimum atomic E-state index is -1.27. The van der Waals surface area contributed by atoms with Gasteiger partial charge in [-0.05, 0) is 0 Å². The van der Waals surface area contributed by atoms with Crippen LogP contribution >= 0.6 is 0 Å². The number of nitrogens with zero attached hydrogens (tertiary/aromatic N) is 6. The fourth-order valence-electron chi connectivity index (χ4n) is 5.11. The second-order valence-electron chi connectivity index (χ2n) is 10.8. The summed E-state index contributed by atoms with van der Waals surface area (Å²) >= 11 is 0. The molecule has 0 aliphatic carbocycles. The van der Waals surface area contributed by atoms with Crippen molar-refractivity contribution in [2.75, 3.05) is 13.2 Å². The Balaban J connectivity index is 0.000000162. The van der Waals surface area contributed by atoms with Crippen LogP contribution in [0.2, 0.25) is 0 Å². The van der Waals surface area contributed by atoms with Crippen LogP contribution in [0.4, 0.5) is 0 Å². The Hall–Kier alpha value is -4.99. The molecule has 7 rings (SSSR count). The number of hydrogen-bond acceptors (Lipinski definition) is 15. The molecule has 3 fully saturated rings. The predicted octanol–water partition coefficient (Wildman–Crippen LogP) is -1.76. The van der Waals surface area contributed by atoms with Crippen LogP contribution in [-0.4, -0.2) is 118 Å². The van der Waals surface area contributed by atoms with Crippen molar-refractivity contribution in [3.63, 3.8) is 0 Å². The number of nitrogens with two attached hydrogens (primary N) is 2. The molecule has 8 N–H and O–H groups in total.